The Morgan fingerprint density at radius 2 is 2.37 bits per heavy atom. The molecule has 0 fully saturated rings. The molecule has 8 heteroatoms. The number of aromatic amines is 1. The lowest BCUT2D eigenvalue weighted by Gasteiger charge is -2.03. The zero-order chi connectivity index (χ0) is 13.8. The maximum absolute atomic E-state index is 11.9. The third-order valence-corrected chi connectivity index (χ3v) is 2.67. The molecule has 0 aliphatic heterocycles. The molecule has 0 aliphatic carbocycles. The van der Waals surface area contributed by atoms with Crippen LogP contribution in [0.15, 0.2) is 10.9 Å². The molecular weight excluding hydrogens is 248 g/mol. The van der Waals surface area contributed by atoms with Crippen LogP contribution in [0, 0.1) is 0 Å². The molecule has 4 N–H and O–H groups in total. The number of nitrogens with two attached hydrogens (primary N) is 1. The molecule has 1 amide bonds. The van der Waals surface area contributed by atoms with Gasteiger partial charge >= 0.3 is 0 Å². The second kappa shape index (κ2) is 5.51. The molecule has 0 radical (unpaired) electrons. The van der Waals surface area contributed by atoms with Gasteiger partial charge in [-0.25, -0.2) is 0 Å². The highest BCUT2D eigenvalue weighted by Gasteiger charge is 2.18. The number of nitrogen functional groups attached to an aromatic ring is 1. The summed E-state index contributed by atoms with van der Waals surface area (Å²) in [5, 5.41) is 13.1. The quantitative estimate of drug-likeness (QED) is 0.721. The number of hydrogen-bond acceptors (Lipinski definition) is 6. The lowest BCUT2D eigenvalue weighted by atomic mass is 10.1. The molecule has 0 saturated heterocycles. The number of aromatic nitrogens is 4. The Bertz CT molecular complexity index is 546. The van der Waals surface area contributed by atoms with E-state index in [9.17, 15) is 4.79 Å². The fraction of sp³-hybridized carbons (Fsp3) is 0.455. The minimum atomic E-state index is -0.316. The predicted molar refractivity (Wildman–Crippen MR) is 67.4 cm³/mol. The first kappa shape index (κ1) is 13.1. The van der Waals surface area contributed by atoms with Gasteiger partial charge in [-0.15, -0.1) is 0 Å². The minimum absolute atomic E-state index is 0.188. The van der Waals surface area contributed by atoms with Crippen molar-refractivity contribution in [1.82, 2.24) is 25.7 Å². The molecule has 0 unspecified atom stereocenters. The van der Waals surface area contributed by atoms with Crippen molar-refractivity contribution >= 4 is 11.6 Å². The predicted octanol–water partition coefficient (Wildman–Crippen LogP) is 0.471. The fourth-order valence-corrected chi connectivity index (χ4v) is 1.65. The Morgan fingerprint density at radius 3 is 2.95 bits per heavy atom. The number of carbonyl (C=O) groups excluding carboxylic acids is 1. The van der Waals surface area contributed by atoms with Crippen LogP contribution >= 0.6 is 0 Å². The van der Waals surface area contributed by atoms with Gasteiger partial charge in [0.25, 0.3) is 5.91 Å². The van der Waals surface area contributed by atoms with Gasteiger partial charge in [0.2, 0.25) is 6.39 Å². The molecule has 2 aromatic heterocycles. The zero-order valence-electron chi connectivity index (χ0n) is 10.8. The van der Waals surface area contributed by atoms with Crippen molar-refractivity contribution in [3.8, 4) is 0 Å². The summed E-state index contributed by atoms with van der Waals surface area (Å²) in [5.41, 5.74) is 7.26. The van der Waals surface area contributed by atoms with E-state index < -0.39 is 0 Å². The van der Waals surface area contributed by atoms with Crippen molar-refractivity contribution in [2.24, 2.45) is 0 Å². The number of hydrogen-bond donors (Lipinski definition) is 3. The number of H-pyrrole nitrogens is 1. The Balaban J connectivity index is 1.93. The number of nitrogens with one attached hydrogen (secondary N) is 2. The van der Waals surface area contributed by atoms with E-state index in [-0.39, 0.29) is 17.5 Å². The van der Waals surface area contributed by atoms with Gasteiger partial charge in [0, 0.05) is 13.0 Å². The van der Waals surface area contributed by atoms with E-state index >= 15 is 0 Å². The van der Waals surface area contributed by atoms with Crippen LogP contribution in [0.3, 0.4) is 0 Å². The Kier molecular flexibility index (Phi) is 3.79. The van der Waals surface area contributed by atoms with Crippen LogP contribution in [0.4, 0.5) is 5.69 Å². The maximum atomic E-state index is 11.9. The van der Waals surface area contributed by atoms with Gasteiger partial charge < -0.3 is 15.6 Å². The molecule has 2 aromatic rings. The SMILES string of the molecule is CC(C)c1[nH]nc(C(=O)NCCc2ncon2)c1N. The summed E-state index contributed by atoms with van der Waals surface area (Å²) in [6.45, 7) is 4.34. The van der Waals surface area contributed by atoms with Crippen molar-refractivity contribution in [3.05, 3.63) is 23.6 Å². The number of anilines is 1. The van der Waals surface area contributed by atoms with Crippen molar-refractivity contribution in [2.75, 3.05) is 12.3 Å². The second-order valence-corrected chi connectivity index (χ2v) is 4.41. The van der Waals surface area contributed by atoms with Gasteiger partial charge in [-0.05, 0) is 5.92 Å². The minimum Gasteiger partial charge on any atom is -0.395 e. The van der Waals surface area contributed by atoms with Gasteiger partial charge in [0.05, 0.1) is 11.4 Å². The largest absolute Gasteiger partial charge is 0.395 e. The second-order valence-electron chi connectivity index (χ2n) is 4.41. The van der Waals surface area contributed by atoms with E-state index in [1.54, 1.807) is 0 Å². The van der Waals surface area contributed by atoms with Gasteiger partial charge in [0.1, 0.15) is 0 Å². The number of rotatable bonds is 5. The van der Waals surface area contributed by atoms with Crippen LogP contribution in [0.5, 0.6) is 0 Å². The Labute approximate surface area is 109 Å². The van der Waals surface area contributed by atoms with Crippen LogP contribution in [-0.4, -0.2) is 32.8 Å². The van der Waals surface area contributed by atoms with Gasteiger partial charge in [-0.2, -0.15) is 10.1 Å². The van der Waals surface area contributed by atoms with Gasteiger partial charge in [-0.1, -0.05) is 19.0 Å². The monoisotopic (exact) mass is 264 g/mol. The summed E-state index contributed by atoms with van der Waals surface area (Å²) < 4.78 is 4.59. The lowest BCUT2D eigenvalue weighted by molar-refractivity contribution is 0.0950. The van der Waals surface area contributed by atoms with E-state index in [4.69, 9.17) is 5.73 Å². The van der Waals surface area contributed by atoms with Gasteiger partial charge in [0.15, 0.2) is 11.5 Å². The van der Waals surface area contributed by atoms with Crippen molar-refractivity contribution in [1.29, 1.82) is 0 Å². The van der Waals surface area contributed by atoms with Crippen molar-refractivity contribution in [3.63, 3.8) is 0 Å². The highest BCUT2D eigenvalue weighted by atomic mass is 16.5. The first-order valence-corrected chi connectivity index (χ1v) is 5.96. The molecule has 0 saturated carbocycles. The summed E-state index contributed by atoms with van der Waals surface area (Å²) in [5.74, 6) is 0.413. The highest BCUT2D eigenvalue weighted by Crippen LogP contribution is 2.21. The molecular formula is C11H16N6O2. The molecule has 2 rings (SSSR count). The molecule has 19 heavy (non-hydrogen) atoms. The molecule has 0 aliphatic rings. The number of carbonyl (C=O) groups is 1. The molecule has 8 nitrogen and oxygen atoms in total. The average molecular weight is 264 g/mol. The standard InChI is InChI=1S/C11H16N6O2/c1-6(2)9-8(12)10(16-15-9)11(18)13-4-3-7-14-5-19-17-7/h5-6H,3-4,12H2,1-2H3,(H,13,18)(H,15,16). The highest BCUT2D eigenvalue weighted by molar-refractivity contribution is 5.97. The van der Waals surface area contributed by atoms with Crippen LogP contribution in [-0.2, 0) is 6.42 Å². The number of nitrogens with zero attached hydrogens (tertiary/aromatic N) is 3. The van der Waals surface area contributed by atoms with Crippen LogP contribution in [0.1, 0.15) is 41.8 Å². The van der Waals surface area contributed by atoms with Crippen LogP contribution in [0.2, 0.25) is 0 Å². The van der Waals surface area contributed by atoms with Gasteiger partial charge in [-0.3, -0.25) is 9.89 Å². The fourth-order valence-electron chi connectivity index (χ4n) is 1.65. The van der Waals surface area contributed by atoms with Crippen LogP contribution < -0.4 is 11.1 Å². The molecule has 2 heterocycles. The van der Waals surface area contributed by atoms with E-state index in [0.717, 1.165) is 5.69 Å². The first-order valence-electron chi connectivity index (χ1n) is 5.96. The smallest absolute Gasteiger partial charge is 0.273 e. The lowest BCUT2D eigenvalue weighted by Crippen LogP contribution is -2.27. The first-order chi connectivity index (χ1) is 9.09. The molecule has 0 aromatic carbocycles. The summed E-state index contributed by atoms with van der Waals surface area (Å²) in [4.78, 5) is 15.7. The van der Waals surface area contributed by atoms with Crippen molar-refractivity contribution in [2.45, 2.75) is 26.2 Å². The summed E-state index contributed by atoms with van der Waals surface area (Å²) >= 11 is 0. The number of amides is 1. The van der Waals surface area contributed by atoms with E-state index in [1.807, 2.05) is 13.8 Å². The normalized spacial score (nSPS) is 10.9. The van der Waals surface area contributed by atoms with E-state index in [0.29, 0.717) is 24.5 Å². The van der Waals surface area contributed by atoms with E-state index in [2.05, 4.69) is 30.2 Å². The zero-order valence-corrected chi connectivity index (χ0v) is 10.8. The Hall–Kier alpha value is -2.38. The third kappa shape index (κ3) is 2.90. The maximum Gasteiger partial charge on any atom is 0.273 e. The third-order valence-electron chi connectivity index (χ3n) is 2.67. The average Bonchev–Trinajstić information content (AvgIpc) is 2.98. The molecule has 0 bridgehead atoms. The molecule has 102 valence electrons. The molecule has 0 spiro atoms. The van der Waals surface area contributed by atoms with Crippen LogP contribution in [0.25, 0.3) is 0 Å². The molecule has 0 atom stereocenters. The topological polar surface area (TPSA) is 123 Å². The summed E-state index contributed by atoms with van der Waals surface area (Å²) in [6, 6.07) is 0. The summed E-state index contributed by atoms with van der Waals surface area (Å²) in [7, 11) is 0. The van der Waals surface area contributed by atoms with E-state index in [1.165, 1.54) is 6.39 Å². The van der Waals surface area contributed by atoms with Crippen molar-refractivity contribution < 1.29 is 9.32 Å². The Morgan fingerprint density at radius 1 is 1.58 bits per heavy atom. The summed E-state index contributed by atoms with van der Waals surface area (Å²) in [6.07, 6.45) is 1.74.